The largest absolute Gasteiger partial charge is 0.494 e. The Labute approximate surface area is 172 Å². The van der Waals surface area contributed by atoms with Crippen molar-refractivity contribution < 1.29 is 18.7 Å². The van der Waals surface area contributed by atoms with E-state index in [2.05, 4.69) is 21.2 Å². The molecular formula is C20H23BrFN3O3. The number of hydrogen-bond donors (Lipinski definition) is 1. The molecule has 6 nitrogen and oxygen atoms in total. The third-order valence-corrected chi connectivity index (χ3v) is 4.72. The van der Waals surface area contributed by atoms with Crippen LogP contribution in [-0.4, -0.2) is 55.9 Å². The molecule has 0 atom stereocenters. The predicted octanol–water partition coefficient (Wildman–Crippen LogP) is 3.13. The van der Waals surface area contributed by atoms with E-state index in [1.54, 1.807) is 37.2 Å². The highest BCUT2D eigenvalue weighted by Crippen LogP contribution is 2.21. The summed E-state index contributed by atoms with van der Waals surface area (Å²) in [4.78, 5) is 27.6. The van der Waals surface area contributed by atoms with Crippen LogP contribution in [0.5, 0.6) is 5.75 Å². The zero-order valence-electron chi connectivity index (χ0n) is 16.0. The van der Waals surface area contributed by atoms with Crippen molar-refractivity contribution >= 4 is 33.4 Å². The Hall–Kier alpha value is -2.45. The molecule has 0 aliphatic rings. The number of para-hydroxylation sites is 1. The quantitative estimate of drug-likeness (QED) is 0.669. The molecule has 0 saturated heterocycles. The van der Waals surface area contributed by atoms with E-state index in [1.165, 1.54) is 18.1 Å². The molecule has 0 fully saturated rings. The van der Waals surface area contributed by atoms with Crippen molar-refractivity contribution in [2.45, 2.75) is 6.54 Å². The highest BCUT2D eigenvalue weighted by molar-refractivity contribution is 9.10. The van der Waals surface area contributed by atoms with Crippen LogP contribution in [0.25, 0.3) is 0 Å². The lowest BCUT2D eigenvalue weighted by molar-refractivity contribution is -0.134. The van der Waals surface area contributed by atoms with Crippen LogP contribution < -0.4 is 10.1 Å². The first kappa shape index (κ1) is 21.8. The van der Waals surface area contributed by atoms with Crippen LogP contribution >= 0.6 is 15.9 Å². The number of ether oxygens (including phenoxy) is 1. The highest BCUT2D eigenvalue weighted by atomic mass is 79.9. The van der Waals surface area contributed by atoms with E-state index in [1.807, 2.05) is 18.2 Å². The van der Waals surface area contributed by atoms with Gasteiger partial charge in [0.05, 0.1) is 25.9 Å². The molecule has 150 valence electrons. The molecule has 0 unspecified atom stereocenters. The lowest BCUT2D eigenvalue weighted by Crippen LogP contribution is -2.40. The fourth-order valence-corrected chi connectivity index (χ4v) is 2.97. The number of rotatable bonds is 8. The molecular weight excluding hydrogens is 429 g/mol. The Kier molecular flexibility index (Phi) is 7.95. The molecule has 0 spiro atoms. The van der Waals surface area contributed by atoms with E-state index < -0.39 is 5.82 Å². The second-order valence-corrected chi connectivity index (χ2v) is 7.27. The standard InChI is InChI=1S/C20H23BrFN3O3/c1-24(11-14-8-9-18(28-3)16(22)10-14)13-20(27)25(2)12-19(26)23-17-7-5-4-6-15(17)21/h4-10H,11-13H2,1-3H3,(H,23,26). The minimum absolute atomic E-state index is 0.0643. The summed E-state index contributed by atoms with van der Waals surface area (Å²) in [6.45, 7) is 0.432. The van der Waals surface area contributed by atoms with Gasteiger partial charge in [0, 0.05) is 18.1 Å². The van der Waals surface area contributed by atoms with Gasteiger partial charge in [-0.05, 0) is 52.8 Å². The lowest BCUT2D eigenvalue weighted by atomic mass is 10.2. The Balaban J connectivity index is 1.84. The molecule has 0 aliphatic carbocycles. The molecule has 1 N–H and O–H groups in total. The first-order chi connectivity index (χ1) is 13.3. The molecule has 0 aliphatic heterocycles. The minimum Gasteiger partial charge on any atom is -0.494 e. The predicted molar refractivity (Wildman–Crippen MR) is 110 cm³/mol. The van der Waals surface area contributed by atoms with Crippen LogP contribution in [0, 0.1) is 5.82 Å². The summed E-state index contributed by atoms with van der Waals surface area (Å²) in [5.74, 6) is -0.764. The molecule has 8 heteroatoms. The summed E-state index contributed by atoms with van der Waals surface area (Å²) in [6.07, 6.45) is 0. The van der Waals surface area contributed by atoms with Gasteiger partial charge >= 0.3 is 0 Å². The van der Waals surface area contributed by atoms with Gasteiger partial charge in [-0.3, -0.25) is 14.5 Å². The summed E-state index contributed by atoms with van der Waals surface area (Å²) in [5.41, 5.74) is 1.37. The minimum atomic E-state index is -0.444. The molecule has 28 heavy (non-hydrogen) atoms. The number of amides is 2. The Bertz CT molecular complexity index is 847. The summed E-state index contributed by atoms with van der Waals surface area (Å²) in [5, 5.41) is 2.76. The molecule has 0 bridgehead atoms. The van der Waals surface area contributed by atoms with Crippen LogP contribution in [0.4, 0.5) is 10.1 Å². The van der Waals surface area contributed by atoms with E-state index in [9.17, 15) is 14.0 Å². The van der Waals surface area contributed by atoms with Crippen LogP contribution in [-0.2, 0) is 16.1 Å². The SMILES string of the molecule is COc1ccc(CN(C)CC(=O)N(C)CC(=O)Nc2ccccc2Br)cc1F. The number of nitrogens with zero attached hydrogens (tertiary/aromatic N) is 2. The van der Waals surface area contributed by atoms with Gasteiger partial charge in [0.15, 0.2) is 11.6 Å². The molecule has 0 heterocycles. The number of halogens is 2. The number of anilines is 1. The second-order valence-electron chi connectivity index (χ2n) is 6.42. The molecule has 2 amide bonds. The smallest absolute Gasteiger partial charge is 0.244 e. The van der Waals surface area contributed by atoms with Gasteiger partial charge in [-0.25, -0.2) is 4.39 Å². The van der Waals surface area contributed by atoms with Gasteiger partial charge in [-0.1, -0.05) is 18.2 Å². The zero-order valence-corrected chi connectivity index (χ0v) is 17.6. The molecule has 0 saturated carbocycles. The molecule has 2 rings (SSSR count). The second kappa shape index (κ2) is 10.2. The molecule has 2 aromatic rings. The first-order valence-corrected chi connectivity index (χ1v) is 9.38. The Morgan fingerprint density at radius 2 is 1.86 bits per heavy atom. The van der Waals surface area contributed by atoms with Crippen molar-refractivity contribution in [3.63, 3.8) is 0 Å². The number of benzene rings is 2. The van der Waals surface area contributed by atoms with Gasteiger partial charge in [0.25, 0.3) is 0 Å². The van der Waals surface area contributed by atoms with Crippen LogP contribution in [0.2, 0.25) is 0 Å². The summed E-state index contributed by atoms with van der Waals surface area (Å²) < 4.78 is 19.4. The van der Waals surface area contributed by atoms with Gasteiger partial charge in [0.2, 0.25) is 11.8 Å². The number of methoxy groups -OCH3 is 1. The number of carbonyl (C=O) groups excluding carboxylic acids is 2. The average molecular weight is 452 g/mol. The summed E-state index contributed by atoms with van der Waals surface area (Å²) in [7, 11) is 4.74. The lowest BCUT2D eigenvalue weighted by Gasteiger charge is -2.22. The van der Waals surface area contributed by atoms with Crippen molar-refractivity contribution in [1.82, 2.24) is 9.80 Å². The highest BCUT2D eigenvalue weighted by Gasteiger charge is 2.16. The number of hydrogen-bond acceptors (Lipinski definition) is 4. The fourth-order valence-electron chi connectivity index (χ4n) is 2.58. The number of likely N-dealkylation sites (N-methyl/N-ethyl adjacent to an activating group) is 2. The van der Waals surface area contributed by atoms with E-state index >= 15 is 0 Å². The van der Waals surface area contributed by atoms with Crippen LogP contribution in [0.15, 0.2) is 46.9 Å². The Morgan fingerprint density at radius 3 is 2.50 bits per heavy atom. The van der Waals surface area contributed by atoms with E-state index in [0.29, 0.717) is 12.2 Å². The first-order valence-electron chi connectivity index (χ1n) is 8.59. The topological polar surface area (TPSA) is 61.9 Å². The maximum absolute atomic E-state index is 13.8. The third kappa shape index (κ3) is 6.31. The fraction of sp³-hybridized carbons (Fsp3) is 0.300. The van der Waals surface area contributed by atoms with Gasteiger partial charge < -0.3 is 15.0 Å². The zero-order chi connectivity index (χ0) is 20.7. The van der Waals surface area contributed by atoms with Crippen molar-refractivity contribution in [2.24, 2.45) is 0 Å². The number of nitrogens with one attached hydrogen (secondary N) is 1. The van der Waals surface area contributed by atoms with E-state index in [0.717, 1.165) is 10.0 Å². The summed E-state index contributed by atoms with van der Waals surface area (Å²) in [6, 6.07) is 11.9. The average Bonchev–Trinajstić information content (AvgIpc) is 2.63. The van der Waals surface area contributed by atoms with Crippen molar-refractivity contribution in [1.29, 1.82) is 0 Å². The molecule has 2 aromatic carbocycles. The van der Waals surface area contributed by atoms with Crippen molar-refractivity contribution in [3.8, 4) is 5.75 Å². The maximum atomic E-state index is 13.8. The van der Waals surface area contributed by atoms with Crippen LogP contribution in [0.1, 0.15) is 5.56 Å². The molecule has 0 radical (unpaired) electrons. The molecule has 0 aromatic heterocycles. The van der Waals surface area contributed by atoms with Gasteiger partial charge in [-0.15, -0.1) is 0 Å². The van der Waals surface area contributed by atoms with E-state index in [4.69, 9.17) is 4.74 Å². The maximum Gasteiger partial charge on any atom is 0.244 e. The Morgan fingerprint density at radius 1 is 1.14 bits per heavy atom. The monoisotopic (exact) mass is 451 g/mol. The van der Waals surface area contributed by atoms with Gasteiger partial charge in [0.1, 0.15) is 0 Å². The van der Waals surface area contributed by atoms with Crippen LogP contribution in [0.3, 0.4) is 0 Å². The van der Waals surface area contributed by atoms with Crippen molar-refractivity contribution in [2.75, 3.05) is 39.6 Å². The van der Waals surface area contributed by atoms with Gasteiger partial charge in [-0.2, -0.15) is 0 Å². The summed E-state index contributed by atoms with van der Waals surface area (Å²) >= 11 is 3.36. The van der Waals surface area contributed by atoms with Crippen molar-refractivity contribution in [3.05, 3.63) is 58.3 Å². The third-order valence-electron chi connectivity index (χ3n) is 4.03. The normalized spacial score (nSPS) is 10.6. The van der Waals surface area contributed by atoms with E-state index in [-0.39, 0.29) is 30.7 Å². The number of carbonyl (C=O) groups is 2.